The van der Waals surface area contributed by atoms with Crippen molar-refractivity contribution in [2.45, 2.75) is 32.5 Å². The lowest BCUT2D eigenvalue weighted by atomic mass is 9.98. The van der Waals surface area contributed by atoms with E-state index in [-0.39, 0.29) is 0 Å². The molecule has 1 heterocycles. The third kappa shape index (κ3) is 4.25. The van der Waals surface area contributed by atoms with Gasteiger partial charge in [0.15, 0.2) is 0 Å². The van der Waals surface area contributed by atoms with Crippen molar-refractivity contribution in [1.82, 2.24) is 5.48 Å². The molecule has 1 aliphatic heterocycles. The number of carbonyl (C=O) groups excluding carboxylic acids is 1. The van der Waals surface area contributed by atoms with E-state index in [1.54, 1.807) is 24.3 Å². The van der Waals surface area contributed by atoms with Crippen molar-refractivity contribution in [2.75, 3.05) is 11.9 Å². The summed E-state index contributed by atoms with van der Waals surface area (Å²) in [6.45, 7) is 4.46. The number of carbonyl (C=O) groups is 1. The van der Waals surface area contributed by atoms with Crippen molar-refractivity contribution >= 4 is 11.7 Å². The summed E-state index contributed by atoms with van der Waals surface area (Å²) in [5.74, 6) is 1.43. The number of rotatable bonds is 5. The maximum absolute atomic E-state index is 11.1. The fourth-order valence-electron chi connectivity index (χ4n) is 2.82. The Morgan fingerprint density at radius 1 is 1.31 bits per heavy atom. The highest BCUT2D eigenvalue weighted by Gasteiger charge is 2.32. The SMILES string of the molecule is CCOC1(C)CC=C2CC=C(Oc3ccc(NC(=O)NO)cc3)C=C2O1. The number of amides is 2. The summed E-state index contributed by atoms with van der Waals surface area (Å²) < 4.78 is 17.6. The first-order valence-electron chi connectivity index (χ1n) is 8.44. The van der Waals surface area contributed by atoms with Gasteiger partial charge in [0.2, 0.25) is 5.79 Å². The Hall–Kier alpha value is -2.77. The minimum absolute atomic E-state index is 0.535. The molecule has 2 aliphatic rings. The van der Waals surface area contributed by atoms with Gasteiger partial charge in [0.1, 0.15) is 17.3 Å². The van der Waals surface area contributed by atoms with Gasteiger partial charge in [-0.15, -0.1) is 0 Å². The number of fused-ring (bicyclic) bond motifs is 1. The van der Waals surface area contributed by atoms with Crippen LogP contribution in [0.5, 0.6) is 5.75 Å². The van der Waals surface area contributed by atoms with E-state index in [4.69, 9.17) is 19.4 Å². The third-order valence-electron chi connectivity index (χ3n) is 4.06. The summed E-state index contributed by atoms with van der Waals surface area (Å²) in [6.07, 6.45) is 7.45. The first-order valence-corrected chi connectivity index (χ1v) is 8.44. The quantitative estimate of drug-likeness (QED) is 0.550. The summed E-state index contributed by atoms with van der Waals surface area (Å²) in [7, 11) is 0. The van der Waals surface area contributed by atoms with Crippen LogP contribution in [0.3, 0.4) is 0 Å². The molecule has 0 fully saturated rings. The maximum Gasteiger partial charge on any atom is 0.342 e. The normalized spacial score (nSPS) is 21.4. The second-order valence-electron chi connectivity index (χ2n) is 6.11. The molecule has 26 heavy (non-hydrogen) atoms. The molecule has 1 aromatic rings. The minimum atomic E-state index is -0.704. The highest BCUT2D eigenvalue weighted by atomic mass is 16.7. The standard InChI is InChI=1S/C19H22N2O5/c1-3-24-19(2)11-10-13-4-7-16(12-17(13)26-19)25-15-8-5-14(6-9-15)20-18(22)21-23/h5-10,12,23H,3-4,11H2,1-2H3,(H2,20,21,22). The van der Waals surface area contributed by atoms with Crippen LogP contribution in [-0.4, -0.2) is 23.6 Å². The number of hydrogen-bond donors (Lipinski definition) is 3. The Kier molecular flexibility index (Phi) is 5.29. The molecule has 0 radical (unpaired) electrons. The Bertz CT molecular complexity index is 767. The van der Waals surface area contributed by atoms with Crippen LogP contribution in [0, 0.1) is 0 Å². The molecule has 138 valence electrons. The minimum Gasteiger partial charge on any atom is -0.462 e. The molecule has 0 spiro atoms. The molecule has 0 bridgehead atoms. The first kappa shape index (κ1) is 18.0. The molecule has 1 atom stereocenters. The molecule has 3 N–H and O–H groups in total. The molecular weight excluding hydrogens is 336 g/mol. The summed E-state index contributed by atoms with van der Waals surface area (Å²) in [6, 6.07) is 6.10. The van der Waals surface area contributed by atoms with Gasteiger partial charge in [-0.25, -0.2) is 10.3 Å². The predicted octanol–water partition coefficient (Wildman–Crippen LogP) is 3.85. The number of benzene rings is 1. The van der Waals surface area contributed by atoms with Gasteiger partial charge >= 0.3 is 6.03 Å². The van der Waals surface area contributed by atoms with E-state index in [2.05, 4.69) is 11.4 Å². The molecule has 1 aromatic carbocycles. The maximum atomic E-state index is 11.1. The van der Waals surface area contributed by atoms with Crippen LogP contribution in [0.15, 0.2) is 59.6 Å². The van der Waals surface area contributed by atoms with Crippen molar-refractivity contribution < 1.29 is 24.2 Å². The van der Waals surface area contributed by atoms with Gasteiger partial charge < -0.3 is 19.5 Å². The van der Waals surface area contributed by atoms with Crippen molar-refractivity contribution in [1.29, 1.82) is 0 Å². The molecule has 7 heteroatoms. The lowest BCUT2D eigenvalue weighted by Crippen LogP contribution is -2.34. The first-order chi connectivity index (χ1) is 12.5. The average Bonchev–Trinajstić information content (AvgIpc) is 2.63. The molecule has 0 saturated heterocycles. The highest BCUT2D eigenvalue weighted by molar-refractivity contribution is 5.88. The molecule has 0 saturated carbocycles. The molecule has 7 nitrogen and oxygen atoms in total. The molecule has 2 amide bonds. The van der Waals surface area contributed by atoms with E-state index in [1.165, 1.54) is 5.48 Å². The van der Waals surface area contributed by atoms with E-state index in [1.807, 2.05) is 26.0 Å². The van der Waals surface area contributed by atoms with Crippen molar-refractivity contribution in [3.63, 3.8) is 0 Å². The van der Waals surface area contributed by atoms with Gasteiger partial charge in [-0.05, 0) is 49.3 Å². The lowest BCUT2D eigenvalue weighted by molar-refractivity contribution is -0.200. The van der Waals surface area contributed by atoms with Gasteiger partial charge in [0.05, 0.1) is 0 Å². The van der Waals surface area contributed by atoms with Crippen molar-refractivity contribution in [3.8, 4) is 5.75 Å². The molecule has 1 aliphatic carbocycles. The second kappa shape index (κ2) is 7.63. The van der Waals surface area contributed by atoms with E-state index in [0.29, 0.717) is 30.2 Å². The highest BCUT2D eigenvalue weighted by Crippen LogP contribution is 2.36. The van der Waals surface area contributed by atoms with Gasteiger partial charge in [-0.1, -0.05) is 6.08 Å². The van der Waals surface area contributed by atoms with Crippen LogP contribution in [-0.2, 0) is 9.47 Å². The van der Waals surface area contributed by atoms with Crippen LogP contribution in [0.4, 0.5) is 10.5 Å². The van der Waals surface area contributed by atoms with Gasteiger partial charge in [-0.2, -0.15) is 0 Å². The zero-order valence-electron chi connectivity index (χ0n) is 14.7. The molecule has 3 rings (SSSR count). The van der Waals surface area contributed by atoms with Crippen LogP contribution < -0.4 is 15.5 Å². The van der Waals surface area contributed by atoms with E-state index < -0.39 is 11.8 Å². The Labute approximate surface area is 151 Å². The smallest absolute Gasteiger partial charge is 0.342 e. The van der Waals surface area contributed by atoms with Gasteiger partial charge in [0.25, 0.3) is 0 Å². The summed E-state index contributed by atoms with van der Waals surface area (Å²) in [5.41, 5.74) is 3.17. The second-order valence-corrected chi connectivity index (χ2v) is 6.11. The van der Waals surface area contributed by atoms with E-state index in [9.17, 15) is 4.79 Å². The van der Waals surface area contributed by atoms with Crippen LogP contribution in [0.2, 0.25) is 0 Å². The largest absolute Gasteiger partial charge is 0.462 e. The van der Waals surface area contributed by atoms with Crippen molar-refractivity contribution in [2.24, 2.45) is 0 Å². The number of hydroxylamine groups is 1. The number of urea groups is 1. The Morgan fingerprint density at radius 3 is 2.77 bits per heavy atom. The Morgan fingerprint density at radius 2 is 2.08 bits per heavy atom. The summed E-state index contributed by atoms with van der Waals surface area (Å²) in [4.78, 5) is 11.1. The number of anilines is 1. The number of allylic oxidation sites excluding steroid dienone is 3. The molecule has 0 aromatic heterocycles. The Balaban J connectivity index is 1.67. The van der Waals surface area contributed by atoms with Crippen LogP contribution >= 0.6 is 0 Å². The number of ether oxygens (including phenoxy) is 3. The zero-order valence-corrected chi connectivity index (χ0v) is 14.7. The number of nitrogens with one attached hydrogen (secondary N) is 2. The average molecular weight is 358 g/mol. The van der Waals surface area contributed by atoms with Gasteiger partial charge in [-0.3, -0.25) is 5.21 Å². The molecule has 1 unspecified atom stereocenters. The van der Waals surface area contributed by atoms with Gasteiger partial charge in [0, 0.05) is 31.7 Å². The predicted molar refractivity (Wildman–Crippen MR) is 95.6 cm³/mol. The summed E-state index contributed by atoms with van der Waals surface area (Å²) >= 11 is 0. The zero-order chi connectivity index (χ0) is 18.6. The number of hydrogen-bond acceptors (Lipinski definition) is 5. The lowest BCUT2D eigenvalue weighted by Gasteiger charge is -2.35. The monoisotopic (exact) mass is 358 g/mol. The van der Waals surface area contributed by atoms with Crippen molar-refractivity contribution in [3.05, 3.63) is 59.6 Å². The van der Waals surface area contributed by atoms with Crippen LogP contribution in [0.25, 0.3) is 0 Å². The summed E-state index contributed by atoms with van der Waals surface area (Å²) in [5, 5.41) is 11.0. The topological polar surface area (TPSA) is 89.1 Å². The fraction of sp³-hybridized carbons (Fsp3) is 0.316. The van der Waals surface area contributed by atoms with Crippen LogP contribution in [0.1, 0.15) is 26.7 Å². The fourth-order valence-corrected chi connectivity index (χ4v) is 2.82. The van der Waals surface area contributed by atoms with E-state index >= 15 is 0 Å². The van der Waals surface area contributed by atoms with E-state index in [0.717, 1.165) is 17.8 Å². The third-order valence-corrected chi connectivity index (χ3v) is 4.06. The molecular formula is C19H22N2O5.